The Kier molecular flexibility index (Phi) is 27.7. The van der Waals surface area contributed by atoms with E-state index >= 15 is 0 Å². The number of hydrogen-bond donors (Lipinski definition) is 0. The monoisotopic (exact) mass is 586 g/mol. The standard InChI is InChI=1S/C34H66O7/c1-9-13-15-17-19-21-25-31(33(37-7)29(35-5)23-11-3)40-27-39-28-41-32(26-22-20-18-16-14-10-2)34(38-8)30(36-6)24-12-4/h31-32H,9-28H2,1-8H3. The summed E-state index contributed by atoms with van der Waals surface area (Å²) in [5.41, 5.74) is 0. The zero-order valence-electron chi connectivity index (χ0n) is 28.2. The molecule has 0 aliphatic carbocycles. The maximum absolute atomic E-state index is 6.23. The fraction of sp³-hybridized carbons (Fsp3) is 0.882. The lowest BCUT2D eigenvalue weighted by atomic mass is 10.0. The van der Waals surface area contributed by atoms with Crippen LogP contribution in [0.25, 0.3) is 0 Å². The average Bonchev–Trinajstić information content (AvgIpc) is 2.99. The van der Waals surface area contributed by atoms with E-state index in [2.05, 4.69) is 27.7 Å². The molecule has 0 rings (SSSR count). The molecule has 0 aliphatic heterocycles. The molecule has 0 fully saturated rings. The second-order valence-electron chi connectivity index (χ2n) is 10.8. The SMILES string of the molecule is CCCCCCCCC(OCOCOC(CCCCCCCC)C(OC)=C(CCC)OC)C(OC)=C(CCC)OC. The Morgan fingerprint density at radius 2 is 0.805 bits per heavy atom. The molecular formula is C34H66O7. The number of allylic oxidation sites excluding steroid dienone is 2. The van der Waals surface area contributed by atoms with Gasteiger partial charge in [0.15, 0.2) is 25.1 Å². The molecule has 0 spiro atoms. The molecule has 0 aromatic heterocycles. The van der Waals surface area contributed by atoms with Crippen molar-refractivity contribution in [3.8, 4) is 0 Å². The molecule has 41 heavy (non-hydrogen) atoms. The first-order valence-electron chi connectivity index (χ1n) is 16.5. The Labute approximate surface area is 253 Å². The third-order valence-electron chi connectivity index (χ3n) is 7.37. The lowest BCUT2D eigenvalue weighted by Gasteiger charge is -2.24. The van der Waals surface area contributed by atoms with Gasteiger partial charge in [-0.15, -0.1) is 0 Å². The van der Waals surface area contributed by atoms with Crippen molar-refractivity contribution < 1.29 is 33.2 Å². The highest BCUT2D eigenvalue weighted by Gasteiger charge is 2.23. The summed E-state index contributed by atoms with van der Waals surface area (Å²) in [6, 6.07) is 0. The molecule has 0 saturated heterocycles. The maximum Gasteiger partial charge on any atom is 0.162 e. The molecule has 0 N–H and O–H groups in total. The number of rotatable bonds is 30. The van der Waals surface area contributed by atoms with Crippen LogP contribution in [0.5, 0.6) is 0 Å². The van der Waals surface area contributed by atoms with Crippen molar-refractivity contribution in [1.82, 2.24) is 0 Å². The fourth-order valence-corrected chi connectivity index (χ4v) is 5.05. The second kappa shape index (κ2) is 28.7. The van der Waals surface area contributed by atoms with Gasteiger partial charge >= 0.3 is 0 Å². The van der Waals surface area contributed by atoms with Crippen molar-refractivity contribution in [1.29, 1.82) is 0 Å². The van der Waals surface area contributed by atoms with Gasteiger partial charge in [-0.05, 0) is 25.7 Å². The number of ether oxygens (including phenoxy) is 7. The van der Waals surface area contributed by atoms with Gasteiger partial charge in [-0.25, -0.2) is 0 Å². The van der Waals surface area contributed by atoms with E-state index in [-0.39, 0.29) is 25.8 Å². The molecule has 2 atom stereocenters. The van der Waals surface area contributed by atoms with Crippen molar-refractivity contribution in [2.75, 3.05) is 42.0 Å². The first kappa shape index (κ1) is 39.6. The van der Waals surface area contributed by atoms with Gasteiger partial charge in [-0.1, -0.05) is 105 Å². The van der Waals surface area contributed by atoms with Crippen molar-refractivity contribution in [3.05, 3.63) is 23.0 Å². The molecule has 0 aromatic carbocycles. The third kappa shape index (κ3) is 18.7. The van der Waals surface area contributed by atoms with Gasteiger partial charge < -0.3 is 33.2 Å². The normalized spacial score (nSPS) is 14.2. The van der Waals surface area contributed by atoms with Gasteiger partial charge in [-0.3, -0.25) is 0 Å². The smallest absolute Gasteiger partial charge is 0.162 e. The Hall–Kier alpha value is -1.44. The van der Waals surface area contributed by atoms with E-state index in [1.54, 1.807) is 28.4 Å². The second-order valence-corrected chi connectivity index (χ2v) is 10.8. The van der Waals surface area contributed by atoms with Crippen molar-refractivity contribution in [2.24, 2.45) is 0 Å². The summed E-state index contributed by atoms with van der Waals surface area (Å²) in [5, 5.41) is 0. The van der Waals surface area contributed by atoms with E-state index in [0.717, 1.165) is 74.4 Å². The largest absolute Gasteiger partial charge is 0.497 e. The first-order chi connectivity index (χ1) is 20.1. The van der Waals surface area contributed by atoms with E-state index < -0.39 is 0 Å². The third-order valence-corrected chi connectivity index (χ3v) is 7.37. The Bertz CT molecular complexity index is 593. The molecule has 0 amide bonds. The topological polar surface area (TPSA) is 64.6 Å². The molecule has 0 aromatic rings. The predicted molar refractivity (Wildman–Crippen MR) is 168 cm³/mol. The van der Waals surface area contributed by atoms with Crippen LogP contribution in [0.4, 0.5) is 0 Å². The van der Waals surface area contributed by atoms with Crippen molar-refractivity contribution in [3.63, 3.8) is 0 Å². The zero-order valence-corrected chi connectivity index (χ0v) is 28.2. The fourth-order valence-electron chi connectivity index (χ4n) is 5.05. The first-order valence-corrected chi connectivity index (χ1v) is 16.5. The zero-order chi connectivity index (χ0) is 30.6. The highest BCUT2D eigenvalue weighted by Crippen LogP contribution is 2.25. The van der Waals surface area contributed by atoms with Gasteiger partial charge in [0.25, 0.3) is 0 Å². The summed E-state index contributed by atoms with van der Waals surface area (Å²) in [7, 11) is 6.79. The predicted octanol–water partition coefficient (Wildman–Crippen LogP) is 9.80. The quantitative estimate of drug-likeness (QED) is 0.0471. The van der Waals surface area contributed by atoms with Gasteiger partial charge in [0, 0.05) is 12.8 Å². The number of methoxy groups -OCH3 is 4. The highest BCUT2D eigenvalue weighted by molar-refractivity contribution is 5.08. The molecule has 0 radical (unpaired) electrons. The summed E-state index contributed by atoms with van der Waals surface area (Å²) in [5.74, 6) is 3.22. The van der Waals surface area contributed by atoms with Crippen LogP contribution in [0, 0.1) is 0 Å². The van der Waals surface area contributed by atoms with Gasteiger partial charge in [0.2, 0.25) is 0 Å². The van der Waals surface area contributed by atoms with Crippen molar-refractivity contribution >= 4 is 0 Å². The maximum atomic E-state index is 6.23. The van der Waals surface area contributed by atoms with Crippen LogP contribution in [-0.4, -0.2) is 54.2 Å². The molecular weight excluding hydrogens is 520 g/mol. The molecule has 0 heterocycles. The Morgan fingerprint density at radius 3 is 1.12 bits per heavy atom. The van der Waals surface area contributed by atoms with E-state index in [4.69, 9.17) is 33.2 Å². The van der Waals surface area contributed by atoms with E-state index in [1.165, 1.54) is 64.2 Å². The van der Waals surface area contributed by atoms with E-state index in [9.17, 15) is 0 Å². The molecule has 7 heteroatoms. The molecule has 2 unspecified atom stereocenters. The van der Waals surface area contributed by atoms with Crippen LogP contribution in [0.1, 0.15) is 143 Å². The van der Waals surface area contributed by atoms with Crippen LogP contribution < -0.4 is 0 Å². The van der Waals surface area contributed by atoms with E-state index in [0.29, 0.717) is 0 Å². The molecule has 0 saturated carbocycles. The van der Waals surface area contributed by atoms with Gasteiger partial charge in [-0.2, -0.15) is 0 Å². The average molecular weight is 587 g/mol. The van der Waals surface area contributed by atoms with Gasteiger partial charge in [0.05, 0.1) is 28.4 Å². The summed E-state index contributed by atoms with van der Waals surface area (Å²) < 4.78 is 41.3. The summed E-state index contributed by atoms with van der Waals surface area (Å²) in [4.78, 5) is 0. The summed E-state index contributed by atoms with van der Waals surface area (Å²) >= 11 is 0. The van der Waals surface area contributed by atoms with Crippen LogP contribution in [0.15, 0.2) is 23.0 Å². The lowest BCUT2D eigenvalue weighted by Crippen LogP contribution is -2.24. The van der Waals surface area contributed by atoms with Gasteiger partial charge in [0.1, 0.15) is 23.7 Å². The van der Waals surface area contributed by atoms with Crippen LogP contribution in [0.3, 0.4) is 0 Å². The minimum absolute atomic E-state index is 0.109. The Balaban J connectivity index is 5.23. The van der Waals surface area contributed by atoms with E-state index in [1.807, 2.05) is 0 Å². The van der Waals surface area contributed by atoms with Crippen LogP contribution >= 0.6 is 0 Å². The Morgan fingerprint density at radius 1 is 0.439 bits per heavy atom. The number of unbranched alkanes of at least 4 members (excludes halogenated alkanes) is 10. The molecule has 0 bridgehead atoms. The minimum Gasteiger partial charge on any atom is -0.497 e. The summed E-state index contributed by atoms with van der Waals surface area (Å²) in [6.45, 7) is 8.98. The highest BCUT2D eigenvalue weighted by atomic mass is 16.7. The minimum atomic E-state index is -0.217. The number of hydrogen-bond acceptors (Lipinski definition) is 7. The van der Waals surface area contributed by atoms with Crippen molar-refractivity contribution in [2.45, 2.75) is 155 Å². The van der Waals surface area contributed by atoms with Crippen LogP contribution in [-0.2, 0) is 33.2 Å². The summed E-state index contributed by atoms with van der Waals surface area (Å²) in [6.07, 6.45) is 19.5. The van der Waals surface area contributed by atoms with Crippen LogP contribution in [0.2, 0.25) is 0 Å². The molecule has 244 valence electrons. The molecule has 0 aliphatic rings. The molecule has 7 nitrogen and oxygen atoms in total. The lowest BCUT2D eigenvalue weighted by molar-refractivity contribution is -0.166.